The molecule has 1 aromatic heterocycles. The van der Waals surface area contributed by atoms with Crippen molar-refractivity contribution >= 4 is 11.9 Å². The Balaban J connectivity index is 2.08. The van der Waals surface area contributed by atoms with Gasteiger partial charge >= 0.3 is 0 Å². The summed E-state index contributed by atoms with van der Waals surface area (Å²) in [6.45, 7) is 0. The van der Waals surface area contributed by atoms with Gasteiger partial charge in [0.25, 0.3) is 5.91 Å². The van der Waals surface area contributed by atoms with Gasteiger partial charge in [-0.05, 0) is 29.8 Å². The van der Waals surface area contributed by atoms with Crippen LogP contribution in [0, 0.1) is 5.82 Å². The SMILES string of the molecule is NC1=NC(Cc2ccco2)(c2ccc(F)cc2)C(=O)N1. The smallest absolute Gasteiger partial charge is 0.259 e. The van der Waals surface area contributed by atoms with Crippen LogP contribution in [0.5, 0.6) is 0 Å². The molecule has 20 heavy (non-hydrogen) atoms. The molecular weight excluding hydrogens is 261 g/mol. The normalized spacial score (nSPS) is 21.6. The number of nitrogens with zero attached hydrogens (tertiary/aromatic N) is 1. The number of guanidine groups is 1. The zero-order valence-electron chi connectivity index (χ0n) is 10.5. The van der Waals surface area contributed by atoms with E-state index in [1.54, 1.807) is 12.1 Å². The van der Waals surface area contributed by atoms with Crippen LogP contribution in [0.3, 0.4) is 0 Å². The Hall–Kier alpha value is -2.63. The molecule has 0 saturated carbocycles. The average Bonchev–Trinajstić information content (AvgIpc) is 3.00. The van der Waals surface area contributed by atoms with Crippen LogP contribution in [0.4, 0.5) is 4.39 Å². The van der Waals surface area contributed by atoms with Crippen LogP contribution in [-0.2, 0) is 16.8 Å². The highest BCUT2D eigenvalue weighted by Crippen LogP contribution is 2.33. The maximum atomic E-state index is 13.1. The maximum absolute atomic E-state index is 13.1. The molecule has 0 fully saturated rings. The van der Waals surface area contributed by atoms with E-state index in [1.807, 2.05) is 0 Å². The number of amides is 1. The molecule has 0 saturated heterocycles. The van der Waals surface area contributed by atoms with Crippen LogP contribution < -0.4 is 11.1 Å². The third-order valence-electron chi connectivity index (χ3n) is 3.26. The summed E-state index contributed by atoms with van der Waals surface area (Å²) in [7, 11) is 0. The summed E-state index contributed by atoms with van der Waals surface area (Å²) in [4.78, 5) is 16.5. The molecule has 1 aromatic carbocycles. The fourth-order valence-corrected chi connectivity index (χ4v) is 2.31. The van der Waals surface area contributed by atoms with Gasteiger partial charge < -0.3 is 10.2 Å². The van der Waals surface area contributed by atoms with Crippen LogP contribution in [0.25, 0.3) is 0 Å². The van der Waals surface area contributed by atoms with Gasteiger partial charge in [0, 0.05) is 6.42 Å². The highest BCUT2D eigenvalue weighted by atomic mass is 19.1. The van der Waals surface area contributed by atoms with Gasteiger partial charge in [-0.25, -0.2) is 9.38 Å². The van der Waals surface area contributed by atoms with E-state index in [1.165, 1.54) is 30.5 Å². The van der Waals surface area contributed by atoms with E-state index in [0.717, 1.165) is 0 Å². The summed E-state index contributed by atoms with van der Waals surface area (Å²) < 4.78 is 18.4. The number of furan rings is 1. The first-order chi connectivity index (χ1) is 9.60. The molecule has 1 aliphatic heterocycles. The lowest BCUT2D eigenvalue weighted by atomic mass is 9.86. The van der Waals surface area contributed by atoms with Crippen LogP contribution in [0.2, 0.25) is 0 Å². The van der Waals surface area contributed by atoms with Crippen molar-refractivity contribution in [2.75, 3.05) is 0 Å². The lowest BCUT2D eigenvalue weighted by Gasteiger charge is -2.22. The Morgan fingerprint density at radius 3 is 2.60 bits per heavy atom. The summed E-state index contributed by atoms with van der Waals surface area (Å²) in [5, 5.41) is 2.49. The van der Waals surface area contributed by atoms with Gasteiger partial charge in [-0.3, -0.25) is 10.1 Å². The Bertz CT molecular complexity index is 664. The molecule has 102 valence electrons. The molecular formula is C14H12FN3O2. The number of nitrogens with two attached hydrogens (primary N) is 1. The minimum Gasteiger partial charge on any atom is -0.469 e. The summed E-state index contributed by atoms with van der Waals surface area (Å²) >= 11 is 0. The monoisotopic (exact) mass is 273 g/mol. The molecule has 3 rings (SSSR count). The molecule has 0 aliphatic carbocycles. The lowest BCUT2D eigenvalue weighted by molar-refractivity contribution is -0.124. The molecule has 2 aromatic rings. The van der Waals surface area contributed by atoms with Crippen molar-refractivity contribution in [1.29, 1.82) is 0 Å². The molecule has 0 spiro atoms. The highest BCUT2D eigenvalue weighted by molar-refractivity contribution is 6.07. The fourth-order valence-electron chi connectivity index (χ4n) is 2.31. The maximum Gasteiger partial charge on any atom is 0.259 e. The third kappa shape index (κ3) is 1.95. The zero-order valence-corrected chi connectivity index (χ0v) is 10.5. The minimum atomic E-state index is -1.21. The van der Waals surface area contributed by atoms with Crippen molar-refractivity contribution < 1.29 is 13.6 Å². The summed E-state index contributed by atoms with van der Waals surface area (Å²) in [5.41, 5.74) is 4.96. The van der Waals surface area contributed by atoms with E-state index in [2.05, 4.69) is 10.3 Å². The van der Waals surface area contributed by atoms with Crippen molar-refractivity contribution in [3.05, 3.63) is 59.8 Å². The molecule has 1 unspecified atom stereocenters. The number of hydrogen-bond acceptors (Lipinski definition) is 4. The van der Waals surface area contributed by atoms with Crippen LogP contribution >= 0.6 is 0 Å². The minimum absolute atomic E-state index is 0.0471. The predicted molar refractivity (Wildman–Crippen MR) is 70.3 cm³/mol. The van der Waals surface area contributed by atoms with Crippen molar-refractivity contribution in [3.8, 4) is 0 Å². The van der Waals surface area contributed by atoms with Gasteiger partial charge in [0.1, 0.15) is 11.6 Å². The first kappa shape index (κ1) is 12.4. The summed E-state index contributed by atoms with van der Waals surface area (Å²) in [6, 6.07) is 9.11. The molecule has 3 N–H and O–H groups in total. The predicted octanol–water partition coefficient (Wildman–Crippen LogP) is 1.30. The second kappa shape index (κ2) is 4.48. The number of hydrogen-bond donors (Lipinski definition) is 2. The first-order valence-corrected chi connectivity index (χ1v) is 6.05. The number of rotatable bonds is 3. The molecule has 0 radical (unpaired) electrons. The molecule has 1 atom stereocenters. The van der Waals surface area contributed by atoms with Crippen LogP contribution in [-0.4, -0.2) is 11.9 Å². The number of aliphatic imine (C=N–C) groups is 1. The Morgan fingerprint density at radius 1 is 1.30 bits per heavy atom. The average molecular weight is 273 g/mol. The third-order valence-corrected chi connectivity index (χ3v) is 3.26. The number of carbonyl (C=O) groups excluding carboxylic acids is 1. The Morgan fingerprint density at radius 2 is 2.05 bits per heavy atom. The van der Waals surface area contributed by atoms with Crippen molar-refractivity contribution in [2.24, 2.45) is 10.7 Å². The van der Waals surface area contributed by atoms with Gasteiger partial charge in [-0.1, -0.05) is 12.1 Å². The van der Waals surface area contributed by atoms with Gasteiger partial charge in [-0.15, -0.1) is 0 Å². The van der Waals surface area contributed by atoms with Gasteiger partial charge in [0.2, 0.25) is 0 Å². The van der Waals surface area contributed by atoms with Crippen molar-refractivity contribution in [2.45, 2.75) is 12.0 Å². The molecule has 6 heteroatoms. The van der Waals surface area contributed by atoms with E-state index >= 15 is 0 Å². The Kier molecular flexibility index (Phi) is 2.78. The highest BCUT2D eigenvalue weighted by Gasteiger charge is 2.45. The van der Waals surface area contributed by atoms with Crippen LogP contribution in [0.15, 0.2) is 52.1 Å². The van der Waals surface area contributed by atoms with Crippen LogP contribution in [0.1, 0.15) is 11.3 Å². The standard InChI is InChI=1S/C14H12FN3O2/c15-10-5-3-9(4-6-10)14(8-11-2-1-7-20-11)12(19)17-13(16)18-14/h1-7H,8H2,(H3,16,17,18,19). The van der Waals surface area contributed by atoms with Crippen molar-refractivity contribution in [3.63, 3.8) is 0 Å². The molecule has 2 heterocycles. The van der Waals surface area contributed by atoms with Gasteiger partial charge in [0.15, 0.2) is 11.5 Å². The van der Waals surface area contributed by atoms with E-state index in [-0.39, 0.29) is 24.1 Å². The lowest BCUT2D eigenvalue weighted by Crippen LogP contribution is -2.40. The summed E-state index contributed by atoms with van der Waals surface area (Å²) in [5.74, 6) is -0.0796. The summed E-state index contributed by atoms with van der Waals surface area (Å²) in [6.07, 6.45) is 1.74. The quantitative estimate of drug-likeness (QED) is 0.884. The van der Waals surface area contributed by atoms with E-state index in [4.69, 9.17) is 10.2 Å². The zero-order chi connectivity index (χ0) is 14.2. The fraction of sp³-hybridized carbons (Fsp3) is 0.143. The molecule has 1 aliphatic rings. The topological polar surface area (TPSA) is 80.6 Å². The number of carbonyl (C=O) groups is 1. The van der Waals surface area contributed by atoms with E-state index < -0.39 is 5.54 Å². The first-order valence-electron chi connectivity index (χ1n) is 6.05. The van der Waals surface area contributed by atoms with E-state index in [0.29, 0.717) is 11.3 Å². The largest absolute Gasteiger partial charge is 0.469 e. The van der Waals surface area contributed by atoms with Gasteiger partial charge in [0.05, 0.1) is 6.26 Å². The number of nitrogens with one attached hydrogen (secondary N) is 1. The molecule has 5 nitrogen and oxygen atoms in total. The second-order valence-electron chi connectivity index (χ2n) is 4.57. The second-order valence-corrected chi connectivity index (χ2v) is 4.57. The van der Waals surface area contributed by atoms with Gasteiger partial charge in [-0.2, -0.15) is 0 Å². The number of halogens is 1. The molecule has 0 bridgehead atoms. The van der Waals surface area contributed by atoms with Crippen molar-refractivity contribution in [1.82, 2.24) is 5.32 Å². The van der Waals surface area contributed by atoms with E-state index in [9.17, 15) is 9.18 Å². The number of benzene rings is 1. The Labute approximate surface area is 114 Å². The molecule has 1 amide bonds.